The third-order valence-corrected chi connectivity index (χ3v) is 10.3. The van der Waals surface area contributed by atoms with Crippen molar-refractivity contribution in [3.05, 3.63) is 98.6 Å². The quantitative estimate of drug-likeness (QED) is 0.104. The van der Waals surface area contributed by atoms with Crippen LogP contribution in [0.4, 0.5) is 0 Å². The van der Waals surface area contributed by atoms with Crippen molar-refractivity contribution in [1.29, 1.82) is 0 Å². The van der Waals surface area contributed by atoms with Crippen LogP contribution < -0.4 is 24.3 Å². The number of aromatic nitrogens is 2. The predicted octanol–water partition coefficient (Wildman–Crippen LogP) is 9.60. The van der Waals surface area contributed by atoms with Crippen molar-refractivity contribution >= 4 is 17.5 Å². The monoisotopic (exact) mass is 716 g/mol. The average Bonchev–Trinajstić information content (AvgIpc) is 3.57. The summed E-state index contributed by atoms with van der Waals surface area (Å²) in [5, 5.41) is 5.03. The standard InChI is InChI=1S/C42H55ClN3O5/c1-10-27-15-18-34(48-6)32(23-27)30(12-3)40-41(31(13-4)33-24-28(11-2)16-19-35(33)49-7)46-37(45-40)25-44-38(47)21-14-26(5)22-29-17-20-36(50-8)42(51-9)39(29)43/h15-20,23-24,26,30-31H,10-14,21-22,25H2,1-9H3,(H,45,46). The van der Waals surface area contributed by atoms with Gasteiger partial charge in [0, 0.05) is 35.1 Å². The Morgan fingerprint density at radius 2 is 1.37 bits per heavy atom. The molecule has 1 radical (unpaired) electrons. The van der Waals surface area contributed by atoms with E-state index < -0.39 is 0 Å². The van der Waals surface area contributed by atoms with E-state index in [-0.39, 0.29) is 30.2 Å². The number of hydrogen-bond acceptors (Lipinski definition) is 6. The molecule has 9 heteroatoms. The van der Waals surface area contributed by atoms with Gasteiger partial charge in [0.1, 0.15) is 23.9 Å². The highest BCUT2D eigenvalue weighted by Gasteiger charge is 2.30. The Balaban J connectivity index is 1.60. The Labute approximate surface area is 309 Å². The van der Waals surface area contributed by atoms with Crippen molar-refractivity contribution in [3.8, 4) is 23.0 Å². The molecule has 51 heavy (non-hydrogen) atoms. The van der Waals surface area contributed by atoms with Gasteiger partial charge in [0.15, 0.2) is 11.5 Å². The second-order valence-electron chi connectivity index (χ2n) is 13.1. The molecule has 0 aliphatic heterocycles. The van der Waals surface area contributed by atoms with Gasteiger partial charge in [0.2, 0.25) is 5.91 Å². The fourth-order valence-corrected chi connectivity index (χ4v) is 7.24. The molecule has 1 N–H and O–H groups in total. The van der Waals surface area contributed by atoms with Crippen LogP contribution in [0.3, 0.4) is 0 Å². The van der Waals surface area contributed by atoms with E-state index in [9.17, 15) is 4.79 Å². The zero-order valence-corrected chi connectivity index (χ0v) is 32.6. The van der Waals surface area contributed by atoms with E-state index >= 15 is 0 Å². The van der Waals surface area contributed by atoms with Gasteiger partial charge in [0.25, 0.3) is 0 Å². The van der Waals surface area contributed by atoms with Gasteiger partial charge in [-0.2, -0.15) is 0 Å². The fraction of sp³-hybridized carbons (Fsp3) is 0.476. The van der Waals surface area contributed by atoms with Crippen LogP contribution in [-0.4, -0.2) is 44.3 Å². The number of carbonyl (C=O) groups excluding carboxylic acids is 1. The van der Waals surface area contributed by atoms with Gasteiger partial charge in [-0.15, -0.1) is 0 Å². The largest absolute Gasteiger partial charge is 0.496 e. The van der Waals surface area contributed by atoms with Gasteiger partial charge in [0.05, 0.1) is 39.2 Å². The molecule has 1 amide bonds. The van der Waals surface area contributed by atoms with Crippen LogP contribution in [0.2, 0.25) is 5.02 Å². The molecule has 4 aromatic rings. The van der Waals surface area contributed by atoms with Crippen LogP contribution in [0.5, 0.6) is 23.0 Å². The van der Waals surface area contributed by atoms with E-state index in [1.165, 1.54) is 11.1 Å². The minimum absolute atomic E-state index is 0.00273. The van der Waals surface area contributed by atoms with Crippen LogP contribution in [0.1, 0.15) is 117 Å². The van der Waals surface area contributed by atoms with Crippen LogP contribution >= 0.6 is 11.6 Å². The Hall–Kier alpha value is -4.17. The minimum Gasteiger partial charge on any atom is -0.496 e. The zero-order valence-electron chi connectivity index (χ0n) is 31.8. The number of carbonyl (C=O) groups is 1. The minimum atomic E-state index is -0.145. The van der Waals surface area contributed by atoms with Crippen molar-refractivity contribution in [3.63, 3.8) is 0 Å². The molecule has 0 aliphatic carbocycles. The molecule has 3 aromatic carbocycles. The SMILES string of the molecule is CCc1ccc(OC)c(C(CC)c2nc(C[N]C(=O)CCC(C)Cc3ccc(OC)c(OC)c3Cl)[nH]c2C(CC)c2cc(CC)ccc2OC)c1. The van der Waals surface area contributed by atoms with Gasteiger partial charge in [-0.1, -0.05) is 76.6 Å². The molecule has 0 saturated carbocycles. The number of amides is 1. The van der Waals surface area contributed by atoms with Crippen LogP contribution in [0, 0.1) is 5.92 Å². The third kappa shape index (κ3) is 9.39. The third-order valence-electron chi connectivity index (χ3n) is 9.85. The maximum Gasteiger partial charge on any atom is 0.241 e. The van der Waals surface area contributed by atoms with Gasteiger partial charge >= 0.3 is 0 Å². The number of hydrogen-bond donors (Lipinski definition) is 1. The smallest absolute Gasteiger partial charge is 0.241 e. The molecule has 8 nitrogen and oxygen atoms in total. The lowest BCUT2D eigenvalue weighted by Gasteiger charge is -2.23. The predicted molar refractivity (Wildman–Crippen MR) is 205 cm³/mol. The molecule has 0 aliphatic rings. The lowest BCUT2D eigenvalue weighted by Crippen LogP contribution is -2.17. The van der Waals surface area contributed by atoms with Gasteiger partial charge < -0.3 is 23.9 Å². The number of rotatable bonds is 19. The molecule has 4 rings (SSSR count). The van der Waals surface area contributed by atoms with Crippen LogP contribution in [0.25, 0.3) is 0 Å². The maximum absolute atomic E-state index is 13.1. The van der Waals surface area contributed by atoms with E-state index in [1.54, 1.807) is 28.4 Å². The van der Waals surface area contributed by atoms with E-state index in [1.807, 2.05) is 12.1 Å². The summed E-state index contributed by atoms with van der Waals surface area (Å²) in [5.41, 5.74) is 7.67. The topological polar surface area (TPSA) is 96.8 Å². The maximum atomic E-state index is 13.1. The van der Waals surface area contributed by atoms with E-state index in [0.29, 0.717) is 41.6 Å². The van der Waals surface area contributed by atoms with Gasteiger partial charge in [-0.3, -0.25) is 4.79 Å². The van der Waals surface area contributed by atoms with Crippen LogP contribution in [-0.2, 0) is 30.6 Å². The molecular formula is C42H55ClN3O5. The summed E-state index contributed by atoms with van der Waals surface area (Å²) in [5.74, 6) is 3.52. The normalized spacial score (nSPS) is 13.0. The number of nitrogens with one attached hydrogen (secondary N) is 1. The van der Waals surface area contributed by atoms with E-state index in [2.05, 4.69) is 81.3 Å². The zero-order chi connectivity index (χ0) is 37.1. The Bertz CT molecular complexity index is 1670. The average molecular weight is 717 g/mol. The van der Waals surface area contributed by atoms with E-state index in [4.69, 9.17) is 35.5 Å². The Morgan fingerprint density at radius 1 is 0.804 bits per heavy atom. The lowest BCUT2D eigenvalue weighted by molar-refractivity contribution is -0.121. The first kappa shape index (κ1) is 39.6. The molecule has 0 spiro atoms. The number of halogens is 1. The van der Waals surface area contributed by atoms with Gasteiger partial charge in [-0.05, 0) is 79.3 Å². The van der Waals surface area contributed by atoms with Gasteiger partial charge in [-0.25, -0.2) is 10.3 Å². The first-order valence-electron chi connectivity index (χ1n) is 18.2. The van der Waals surface area contributed by atoms with Crippen molar-refractivity contribution in [2.45, 2.75) is 97.9 Å². The molecular weight excluding hydrogens is 662 g/mol. The molecule has 0 fully saturated rings. The number of aromatic amines is 1. The Morgan fingerprint density at radius 3 is 1.90 bits per heavy atom. The number of methoxy groups -OCH3 is 4. The summed E-state index contributed by atoms with van der Waals surface area (Å²) in [6, 6.07) is 16.7. The van der Waals surface area contributed by atoms with Crippen molar-refractivity contribution < 1.29 is 23.7 Å². The number of nitrogens with zero attached hydrogens (tertiary/aromatic N) is 2. The number of imidazole rings is 1. The molecule has 0 bridgehead atoms. The second kappa shape index (κ2) is 18.9. The number of aryl methyl sites for hydroxylation is 2. The molecule has 3 unspecified atom stereocenters. The highest BCUT2D eigenvalue weighted by atomic mass is 35.5. The number of H-pyrrole nitrogens is 1. The van der Waals surface area contributed by atoms with Crippen molar-refractivity contribution in [1.82, 2.24) is 15.3 Å². The summed E-state index contributed by atoms with van der Waals surface area (Å²) < 4.78 is 22.6. The lowest BCUT2D eigenvalue weighted by atomic mass is 9.84. The number of ether oxygens (including phenoxy) is 4. The molecule has 0 saturated heterocycles. The summed E-state index contributed by atoms with van der Waals surface area (Å²) in [7, 11) is 6.61. The second-order valence-corrected chi connectivity index (χ2v) is 13.5. The number of benzene rings is 3. The highest BCUT2D eigenvalue weighted by molar-refractivity contribution is 6.33. The molecule has 275 valence electrons. The Kier molecular flexibility index (Phi) is 14.7. The molecule has 1 aromatic heterocycles. The fourth-order valence-electron chi connectivity index (χ4n) is 6.93. The summed E-state index contributed by atoms with van der Waals surface area (Å²) in [4.78, 5) is 22.0. The molecule has 3 atom stereocenters. The highest BCUT2D eigenvalue weighted by Crippen LogP contribution is 2.42. The van der Waals surface area contributed by atoms with E-state index in [0.717, 1.165) is 65.3 Å². The summed E-state index contributed by atoms with van der Waals surface area (Å²) in [6.07, 6.45) is 5.22. The summed E-state index contributed by atoms with van der Waals surface area (Å²) >= 11 is 6.62. The first-order valence-corrected chi connectivity index (χ1v) is 18.6. The van der Waals surface area contributed by atoms with Crippen molar-refractivity contribution in [2.75, 3.05) is 28.4 Å². The van der Waals surface area contributed by atoms with Crippen molar-refractivity contribution in [2.24, 2.45) is 5.92 Å². The van der Waals surface area contributed by atoms with Crippen LogP contribution in [0.15, 0.2) is 48.5 Å². The molecule has 1 heterocycles. The summed E-state index contributed by atoms with van der Waals surface area (Å²) in [6.45, 7) is 11.0. The first-order chi connectivity index (χ1) is 24.7.